The highest BCUT2D eigenvalue weighted by molar-refractivity contribution is 5.66. The molecule has 1 aliphatic rings. The van der Waals surface area contributed by atoms with Crippen LogP contribution in [-0.2, 0) is 0 Å². The van der Waals surface area contributed by atoms with Crippen LogP contribution in [0.3, 0.4) is 0 Å². The van der Waals surface area contributed by atoms with Gasteiger partial charge in [-0.2, -0.15) is 4.39 Å². The second-order valence-corrected chi connectivity index (χ2v) is 9.36. The van der Waals surface area contributed by atoms with Gasteiger partial charge in [0.05, 0.1) is 13.2 Å². The van der Waals surface area contributed by atoms with Crippen molar-refractivity contribution in [1.82, 2.24) is 0 Å². The zero-order valence-electron chi connectivity index (χ0n) is 20.4. The highest BCUT2D eigenvalue weighted by Gasteiger charge is 2.26. The Labute approximate surface area is 208 Å². The van der Waals surface area contributed by atoms with Crippen molar-refractivity contribution in [2.45, 2.75) is 51.9 Å². The molecule has 3 aromatic rings. The van der Waals surface area contributed by atoms with E-state index >= 15 is 0 Å². The Kier molecular flexibility index (Phi) is 8.17. The Morgan fingerprint density at radius 1 is 0.750 bits per heavy atom. The molecule has 0 saturated heterocycles. The molecule has 0 radical (unpaired) electrons. The molecule has 1 fully saturated rings. The SMILES string of the molecule is CCCOc1ccc(-c2ccc(OCC3CCC(c4ccc(C)c(F)c4F)CC3)c(F)c2)c(F)c1F. The number of hydrogen-bond donors (Lipinski definition) is 0. The van der Waals surface area contributed by atoms with Gasteiger partial charge in [-0.15, -0.1) is 0 Å². The lowest BCUT2D eigenvalue weighted by Gasteiger charge is -2.29. The summed E-state index contributed by atoms with van der Waals surface area (Å²) in [6.45, 7) is 3.94. The van der Waals surface area contributed by atoms with Gasteiger partial charge in [-0.3, -0.25) is 0 Å². The molecule has 0 bridgehead atoms. The second-order valence-electron chi connectivity index (χ2n) is 9.36. The molecule has 1 aliphatic carbocycles. The third-order valence-corrected chi connectivity index (χ3v) is 6.82. The van der Waals surface area contributed by atoms with Crippen LogP contribution in [0.4, 0.5) is 22.0 Å². The molecule has 0 spiro atoms. The first-order valence-corrected chi connectivity index (χ1v) is 12.3. The standard InChI is InChI=1S/C29H29F5O2/c1-3-14-35-25-13-11-22(28(33)29(25)34)20-9-12-24(23(30)15-20)36-16-18-5-7-19(8-6-18)21-10-4-17(2)26(31)27(21)32/h4,9-13,15,18-19H,3,5-8,14,16H2,1-2H3. The fraction of sp³-hybridized carbons (Fsp3) is 0.379. The summed E-state index contributed by atoms with van der Waals surface area (Å²) in [5.41, 5.74) is 0.816. The van der Waals surface area contributed by atoms with Gasteiger partial charge < -0.3 is 9.47 Å². The van der Waals surface area contributed by atoms with Gasteiger partial charge in [-0.25, -0.2) is 17.6 Å². The average Bonchev–Trinajstić information content (AvgIpc) is 2.88. The molecule has 2 nitrogen and oxygen atoms in total. The van der Waals surface area contributed by atoms with Crippen LogP contribution in [0.5, 0.6) is 11.5 Å². The highest BCUT2D eigenvalue weighted by Crippen LogP contribution is 2.38. The van der Waals surface area contributed by atoms with E-state index in [2.05, 4.69) is 0 Å². The van der Waals surface area contributed by atoms with Crippen molar-refractivity contribution in [2.75, 3.05) is 13.2 Å². The fourth-order valence-corrected chi connectivity index (χ4v) is 4.69. The molecule has 0 aromatic heterocycles. The van der Waals surface area contributed by atoms with E-state index in [1.165, 1.54) is 31.2 Å². The van der Waals surface area contributed by atoms with Crippen molar-refractivity contribution in [1.29, 1.82) is 0 Å². The van der Waals surface area contributed by atoms with E-state index in [1.54, 1.807) is 12.1 Å². The Balaban J connectivity index is 1.36. The largest absolute Gasteiger partial charge is 0.490 e. The molecule has 7 heteroatoms. The summed E-state index contributed by atoms with van der Waals surface area (Å²) in [6.07, 6.45) is 3.53. The van der Waals surface area contributed by atoms with Crippen LogP contribution in [0.25, 0.3) is 11.1 Å². The minimum absolute atomic E-state index is 0.0244. The Morgan fingerprint density at radius 2 is 1.47 bits per heavy atom. The molecule has 4 rings (SSSR count). The lowest BCUT2D eigenvalue weighted by Crippen LogP contribution is -2.20. The smallest absolute Gasteiger partial charge is 0.201 e. The summed E-state index contributed by atoms with van der Waals surface area (Å²) in [7, 11) is 0. The third kappa shape index (κ3) is 5.50. The van der Waals surface area contributed by atoms with Crippen LogP contribution in [0.15, 0.2) is 42.5 Å². The molecule has 3 aromatic carbocycles. The topological polar surface area (TPSA) is 18.5 Å². The van der Waals surface area contributed by atoms with Gasteiger partial charge >= 0.3 is 0 Å². The molecular weight excluding hydrogens is 475 g/mol. The first kappa shape index (κ1) is 26.0. The number of aryl methyl sites for hydroxylation is 1. The zero-order chi connectivity index (χ0) is 25.8. The van der Waals surface area contributed by atoms with Gasteiger partial charge in [0.25, 0.3) is 0 Å². The van der Waals surface area contributed by atoms with E-state index < -0.39 is 29.1 Å². The number of benzene rings is 3. The van der Waals surface area contributed by atoms with Crippen LogP contribution in [0.1, 0.15) is 56.1 Å². The molecule has 192 valence electrons. The number of halogens is 5. The molecule has 0 aliphatic heterocycles. The Hall–Kier alpha value is -3.09. The van der Waals surface area contributed by atoms with E-state index in [1.807, 2.05) is 6.92 Å². The van der Waals surface area contributed by atoms with Gasteiger partial charge in [0.15, 0.2) is 34.8 Å². The minimum atomic E-state index is -1.11. The van der Waals surface area contributed by atoms with Gasteiger partial charge in [-0.05, 0) is 91.8 Å². The van der Waals surface area contributed by atoms with Crippen LogP contribution in [-0.4, -0.2) is 13.2 Å². The number of hydrogen-bond acceptors (Lipinski definition) is 2. The van der Waals surface area contributed by atoms with E-state index in [0.29, 0.717) is 24.8 Å². The van der Waals surface area contributed by atoms with E-state index in [0.717, 1.165) is 18.9 Å². The van der Waals surface area contributed by atoms with Crippen LogP contribution in [0, 0.1) is 41.9 Å². The molecule has 0 atom stereocenters. The van der Waals surface area contributed by atoms with Crippen molar-refractivity contribution >= 4 is 0 Å². The maximum absolute atomic E-state index is 14.7. The van der Waals surface area contributed by atoms with Gasteiger partial charge in [0.2, 0.25) is 5.82 Å². The van der Waals surface area contributed by atoms with Crippen molar-refractivity contribution in [3.63, 3.8) is 0 Å². The van der Waals surface area contributed by atoms with Crippen LogP contribution >= 0.6 is 0 Å². The summed E-state index contributed by atoms with van der Waals surface area (Å²) in [6, 6.07) is 9.95. The minimum Gasteiger partial charge on any atom is -0.490 e. The lowest BCUT2D eigenvalue weighted by molar-refractivity contribution is 0.193. The van der Waals surface area contributed by atoms with Crippen LogP contribution in [0.2, 0.25) is 0 Å². The number of ether oxygens (including phenoxy) is 2. The van der Waals surface area contributed by atoms with Gasteiger partial charge in [0, 0.05) is 5.56 Å². The van der Waals surface area contributed by atoms with Gasteiger partial charge in [0.1, 0.15) is 0 Å². The van der Waals surface area contributed by atoms with Crippen molar-refractivity contribution in [3.05, 3.63) is 82.7 Å². The molecule has 0 amide bonds. The summed E-state index contributed by atoms with van der Waals surface area (Å²) >= 11 is 0. The quantitative estimate of drug-likeness (QED) is 0.286. The second kappa shape index (κ2) is 11.3. The maximum Gasteiger partial charge on any atom is 0.201 e. The van der Waals surface area contributed by atoms with E-state index in [9.17, 15) is 22.0 Å². The summed E-state index contributed by atoms with van der Waals surface area (Å²) in [5.74, 6) is -4.49. The summed E-state index contributed by atoms with van der Waals surface area (Å²) < 4.78 is 82.8. The molecule has 0 unspecified atom stereocenters. The molecule has 0 heterocycles. The average molecular weight is 505 g/mol. The third-order valence-electron chi connectivity index (χ3n) is 6.82. The van der Waals surface area contributed by atoms with Gasteiger partial charge in [-0.1, -0.05) is 25.1 Å². The van der Waals surface area contributed by atoms with Crippen LogP contribution < -0.4 is 9.47 Å². The predicted octanol–water partition coefficient (Wildman–Crippen LogP) is 8.50. The van der Waals surface area contributed by atoms with E-state index in [-0.39, 0.29) is 53.2 Å². The van der Waals surface area contributed by atoms with Crippen molar-refractivity contribution < 1.29 is 31.4 Å². The summed E-state index contributed by atoms with van der Waals surface area (Å²) in [4.78, 5) is 0. The monoisotopic (exact) mass is 504 g/mol. The lowest BCUT2D eigenvalue weighted by atomic mass is 9.78. The molecule has 0 N–H and O–H groups in total. The molecule has 36 heavy (non-hydrogen) atoms. The molecule has 1 saturated carbocycles. The van der Waals surface area contributed by atoms with E-state index in [4.69, 9.17) is 9.47 Å². The first-order valence-electron chi connectivity index (χ1n) is 12.3. The Morgan fingerprint density at radius 3 is 2.17 bits per heavy atom. The zero-order valence-corrected chi connectivity index (χ0v) is 20.4. The summed E-state index contributed by atoms with van der Waals surface area (Å²) in [5, 5.41) is 0. The highest BCUT2D eigenvalue weighted by atomic mass is 19.2. The first-order chi connectivity index (χ1) is 17.3. The number of rotatable bonds is 8. The molecular formula is C29H29F5O2. The Bertz CT molecular complexity index is 1220. The fourth-order valence-electron chi connectivity index (χ4n) is 4.69. The van der Waals surface area contributed by atoms with Crippen molar-refractivity contribution in [2.24, 2.45) is 5.92 Å². The normalized spacial score (nSPS) is 17.8. The maximum atomic E-state index is 14.7. The van der Waals surface area contributed by atoms with Crippen molar-refractivity contribution in [3.8, 4) is 22.6 Å². The predicted molar refractivity (Wildman–Crippen MR) is 129 cm³/mol.